The number of ether oxygens (including phenoxy) is 1. The van der Waals surface area contributed by atoms with Crippen molar-refractivity contribution in [2.24, 2.45) is 0 Å². The van der Waals surface area contributed by atoms with Crippen LogP contribution >= 0.6 is 11.8 Å². The van der Waals surface area contributed by atoms with Gasteiger partial charge >= 0.3 is 12.1 Å². The summed E-state index contributed by atoms with van der Waals surface area (Å²) in [5, 5.41) is 0. The van der Waals surface area contributed by atoms with E-state index in [4.69, 9.17) is 0 Å². The van der Waals surface area contributed by atoms with Crippen LogP contribution in [0.15, 0.2) is 41.6 Å². The molecule has 0 bridgehead atoms. The number of hydrogen-bond donors (Lipinski definition) is 0. The van der Waals surface area contributed by atoms with E-state index in [2.05, 4.69) is 21.6 Å². The molecule has 2 rings (SSSR count). The summed E-state index contributed by atoms with van der Waals surface area (Å²) in [6.45, 7) is 0.298. The van der Waals surface area contributed by atoms with E-state index >= 15 is 0 Å². The zero-order valence-electron chi connectivity index (χ0n) is 13.9. The van der Waals surface area contributed by atoms with E-state index in [1.54, 1.807) is 24.0 Å². The first-order valence-electron chi connectivity index (χ1n) is 7.86. The molecule has 0 aromatic carbocycles. The minimum atomic E-state index is -5.65. The number of aromatic nitrogens is 2. The molecule has 0 N–H and O–H groups in total. The van der Waals surface area contributed by atoms with Crippen molar-refractivity contribution in [3.63, 3.8) is 0 Å². The van der Waals surface area contributed by atoms with Gasteiger partial charge in [0.25, 0.3) is 0 Å². The molecule has 2 heterocycles. The SMILES string of the molecule is CCCCSc1cccnc1-c1ccc(OCC(F)(F)C(F)(F)F)cn1. The van der Waals surface area contributed by atoms with Crippen LogP contribution in [0.5, 0.6) is 5.75 Å². The lowest BCUT2D eigenvalue weighted by Gasteiger charge is -2.19. The summed E-state index contributed by atoms with van der Waals surface area (Å²) in [5.74, 6) is -4.17. The summed E-state index contributed by atoms with van der Waals surface area (Å²) >= 11 is 1.63. The van der Waals surface area contributed by atoms with Gasteiger partial charge in [0.15, 0.2) is 6.61 Å². The average molecular weight is 392 g/mol. The lowest BCUT2D eigenvalue weighted by atomic mass is 10.2. The molecule has 0 atom stereocenters. The van der Waals surface area contributed by atoms with Crippen LogP contribution in [0.4, 0.5) is 22.0 Å². The molecule has 0 aliphatic rings. The van der Waals surface area contributed by atoms with Crippen molar-refractivity contribution in [2.45, 2.75) is 36.8 Å². The Hall–Kier alpha value is -1.90. The van der Waals surface area contributed by atoms with Gasteiger partial charge in [0.05, 0.1) is 11.9 Å². The molecule has 0 saturated carbocycles. The first kappa shape index (κ1) is 20.4. The largest absolute Gasteiger partial charge is 0.485 e. The van der Waals surface area contributed by atoms with Gasteiger partial charge in [0.1, 0.15) is 11.4 Å². The molecule has 0 fully saturated rings. The van der Waals surface area contributed by atoms with Gasteiger partial charge in [0.2, 0.25) is 0 Å². The lowest BCUT2D eigenvalue weighted by molar-refractivity contribution is -0.290. The Balaban J connectivity index is 2.08. The first-order valence-corrected chi connectivity index (χ1v) is 8.85. The molecule has 26 heavy (non-hydrogen) atoms. The Morgan fingerprint density at radius 3 is 2.46 bits per heavy atom. The number of nitrogens with zero attached hydrogens (tertiary/aromatic N) is 2. The predicted molar refractivity (Wildman–Crippen MR) is 89.6 cm³/mol. The molecule has 0 spiro atoms. The van der Waals surface area contributed by atoms with Crippen LogP contribution in [0.3, 0.4) is 0 Å². The van der Waals surface area contributed by atoms with Gasteiger partial charge in [-0.3, -0.25) is 9.97 Å². The minimum Gasteiger partial charge on any atom is -0.485 e. The van der Waals surface area contributed by atoms with Crippen LogP contribution < -0.4 is 4.74 Å². The fraction of sp³-hybridized carbons (Fsp3) is 0.412. The summed E-state index contributed by atoms with van der Waals surface area (Å²) in [5.41, 5.74) is 1.11. The van der Waals surface area contributed by atoms with Gasteiger partial charge < -0.3 is 4.74 Å². The van der Waals surface area contributed by atoms with Crippen LogP contribution in [-0.4, -0.2) is 34.4 Å². The van der Waals surface area contributed by atoms with E-state index in [0.717, 1.165) is 29.7 Å². The second-order valence-corrected chi connectivity index (χ2v) is 6.56. The number of alkyl halides is 5. The molecule has 0 saturated heterocycles. The third-order valence-corrected chi connectivity index (χ3v) is 4.47. The molecule has 0 aliphatic heterocycles. The van der Waals surface area contributed by atoms with Gasteiger partial charge in [-0.25, -0.2) is 0 Å². The van der Waals surface area contributed by atoms with Gasteiger partial charge in [-0.05, 0) is 36.4 Å². The van der Waals surface area contributed by atoms with Crippen molar-refractivity contribution in [2.75, 3.05) is 12.4 Å². The van der Waals surface area contributed by atoms with Crippen LogP contribution in [0.1, 0.15) is 19.8 Å². The van der Waals surface area contributed by atoms with E-state index in [1.807, 2.05) is 6.07 Å². The zero-order valence-corrected chi connectivity index (χ0v) is 14.7. The average Bonchev–Trinajstić information content (AvgIpc) is 2.60. The third kappa shape index (κ3) is 5.30. The van der Waals surface area contributed by atoms with Crippen molar-refractivity contribution in [3.8, 4) is 17.1 Å². The normalized spacial score (nSPS) is 12.2. The molecule has 0 unspecified atom stereocenters. The number of pyridine rings is 2. The fourth-order valence-corrected chi connectivity index (χ4v) is 3.01. The van der Waals surface area contributed by atoms with Crippen molar-refractivity contribution in [1.29, 1.82) is 0 Å². The highest BCUT2D eigenvalue weighted by Crippen LogP contribution is 2.36. The monoisotopic (exact) mass is 392 g/mol. The number of hydrogen-bond acceptors (Lipinski definition) is 4. The Labute approximate surface area is 152 Å². The highest BCUT2D eigenvalue weighted by molar-refractivity contribution is 7.99. The number of thioether (sulfide) groups is 1. The Morgan fingerprint density at radius 1 is 1.08 bits per heavy atom. The standard InChI is InChI=1S/C17H17F5N2OS/c1-2-3-9-26-14-5-4-8-23-15(14)13-7-6-12(10-24-13)25-11-16(18,19)17(20,21)22/h4-8,10H,2-3,9,11H2,1H3. The summed E-state index contributed by atoms with van der Waals surface area (Å²) in [6, 6.07) is 6.48. The van der Waals surface area contributed by atoms with Gasteiger partial charge in [-0.2, -0.15) is 22.0 Å². The fourth-order valence-electron chi connectivity index (χ4n) is 1.89. The quantitative estimate of drug-likeness (QED) is 0.332. The second kappa shape index (κ2) is 8.66. The van der Waals surface area contributed by atoms with Crippen LogP contribution in [-0.2, 0) is 0 Å². The van der Waals surface area contributed by atoms with E-state index in [-0.39, 0.29) is 5.75 Å². The number of unbranched alkanes of at least 4 members (excludes halogenated alkanes) is 1. The number of rotatable bonds is 8. The lowest BCUT2D eigenvalue weighted by Crippen LogP contribution is -2.41. The Kier molecular flexibility index (Phi) is 6.80. The topological polar surface area (TPSA) is 35.0 Å². The van der Waals surface area contributed by atoms with Gasteiger partial charge in [-0.15, -0.1) is 11.8 Å². The molecular weight excluding hydrogens is 375 g/mol. The summed E-state index contributed by atoms with van der Waals surface area (Å²) in [4.78, 5) is 9.28. The second-order valence-electron chi connectivity index (χ2n) is 5.42. The Bertz CT molecular complexity index is 707. The zero-order chi connectivity index (χ0) is 19.2. The van der Waals surface area contributed by atoms with Gasteiger partial charge in [0, 0.05) is 11.1 Å². The predicted octanol–water partition coefficient (Wildman–Crippen LogP) is 5.61. The smallest absolute Gasteiger partial charge is 0.456 e. The molecule has 0 aliphatic carbocycles. The maximum atomic E-state index is 12.9. The molecule has 2 aromatic rings. The molecule has 0 amide bonds. The maximum absolute atomic E-state index is 12.9. The van der Waals surface area contributed by atoms with Crippen LogP contribution in [0.2, 0.25) is 0 Å². The van der Waals surface area contributed by atoms with E-state index < -0.39 is 18.7 Å². The van der Waals surface area contributed by atoms with Crippen LogP contribution in [0, 0.1) is 0 Å². The van der Waals surface area contributed by atoms with Gasteiger partial charge in [-0.1, -0.05) is 13.3 Å². The molecule has 9 heteroatoms. The van der Waals surface area contributed by atoms with Crippen LogP contribution in [0.25, 0.3) is 11.4 Å². The van der Waals surface area contributed by atoms with E-state index in [0.29, 0.717) is 11.4 Å². The third-order valence-electron chi connectivity index (χ3n) is 3.34. The summed E-state index contributed by atoms with van der Waals surface area (Å²) in [7, 11) is 0. The van der Waals surface area contributed by atoms with E-state index in [9.17, 15) is 22.0 Å². The molecular formula is C17H17F5N2OS. The highest BCUT2D eigenvalue weighted by atomic mass is 32.2. The minimum absolute atomic E-state index is 0.172. The maximum Gasteiger partial charge on any atom is 0.456 e. The summed E-state index contributed by atoms with van der Waals surface area (Å²) < 4.78 is 66.7. The molecule has 142 valence electrons. The van der Waals surface area contributed by atoms with E-state index in [1.165, 1.54) is 12.1 Å². The van der Waals surface area contributed by atoms with Crippen molar-refractivity contribution < 1.29 is 26.7 Å². The first-order chi connectivity index (χ1) is 12.2. The summed E-state index contributed by atoms with van der Waals surface area (Å²) in [6.07, 6.45) is -0.826. The van der Waals surface area contributed by atoms with Crippen molar-refractivity contribution >= 4 is 11.8 Å². The van der Waals surface area contributed by atoms with Crippen molar-refractivity contribution in [1.82, 2.24) is 9.97 Å². The molecule has 3 nitrogen and oxygen atoms in total. The molecule has 2 aromatic heterocycles. The molecule has 0 radical (unpaired) electrons. The Morgan fingerprint density at radius 2 is 1.85 bits per heavy atom. The highest BCUT2D eigenvalue weighted by Gasteiger charge is 2.58. The van der Waals surface area contributed by atoms with Crippen molar-refractivity contribution in [3.05, 3.63) is 36.7 Å². The number of halogens is 5.